The largest absolute Gasteiger partial charge is 0.383 e. The van der Waals surface area contributed by atoms with Crippen LogP contribution in [0.25, 0.3) is 27.1 Å². The van der Waals surface area contributed by atoms with E-state index in [4.69, 9.17) is 10.7 Å². The van der Waals surface area contributed by atoms with Gasteiger partial charge in [0.25, 0.3) is 0 Å². The molecule has 2 N–H and O–H groups in total. The molecule has 4 rings (SSSR count). The van der Waals surface area contributed by atoms with Gasteiger partial charge in [-0.2, -0.15) is 0 Å². The fourth-order valence-electron chi connectivity index (χ4n) is 3.33. The summed E-state index contributed by atoms with van der Waals surface area (Å²) in [4.78, 5) is 14.5. The molecule has 0 saturated carbocycles. The summed E-state index contributed by atoms with van der Waals surface area (Å²) in [6, 6.07) is 10.2. The molecule has 144 valence electrons. The van der Waals surface area contributed by atoms with Crippen LogP contribution in [0.15, 0.2) is 47.3 Å². The molecule has 6 nitrogen and oxygen atoms in total. The number of benzene rings is 1. The second-order valence-corrected chi connectivity index (χ2v) is 8.27. The number of nitrogens with zero attached hydrogens (tertiary/aromatic N) is 5. The molecular formula is C20H21BrN6S. The lowest BCUT2D eigenvalue weighted by molar-refractivity contribution is 0.0561. The third-order valence-electron chi connectivity index (χ3n) is 4.73. The topological polar surface area (TPSA) is 71.2 Å². The first-order valence-corrected chi connectivity index (χ1v) is 10.9. The van der Waals surface area contributed by atoms with E-state index >= 15 is 0 Å². The van der Waals surface area contributed by atoms with Crippen LogP contribution in [-0.4, -0.2) is 43.9 Å². The first kappa shape index (κ1) is 19.2. The molecule has 0 aliphatic carbocycles. The molecule has 3 aromatic rings. The molecule has 0 atom stereocenters. The second-order valence-electron chi connectivity index (χ2n) is 6.37. The number of halogens is 1. The molecule has 0 unspecified atom stereocenters. The van der Waals surface area contributed by atoms with Crippen molar-refractivity contribution in [2.75, 3.05) is 24.7 Å². The standard InChI is InChI=1S/C20H21BrN6S/c1-3-26(4-2)27-10-17(28-12-27)16-9-15(13-6-5-7-14(21)8-13)18-19(22)23-11-24-20(18)25-16/h5-11H,3-4,12H2,1-2H3,(H2,22,23,24,25). The lowest BCUT2D eigenvalue weighted by Crippen LogP contribution is -2.36. The summed E-state index contributed by atoms with van der Waals surface area (Å²) in [5.41, 5.74) is 9.75. The van der Waals surface area contributed by atoms with Crippen LogP contribution in [0.2, 0.25) is 0 Å². The zero-order valence-corrected chi connectivity index (χ0v) is 18.2. The van der Waals surface area contributed by atoms with Gasteiger partial charge in [-0.15, -0.1) is 0 Å². The number of anilines is 1. The Labute approximate surface area is 177 Å². The average Bonchev–Trinajstić information content (AvgIpc) is 3.18. The minimum atomic E-state index is 0.442. The Hall–Kier alpha value is -2.16. The van der Waals surface area contributed by atoms with Crippen LogP contribution < -0.4 is 5.73 Å². The Bertz CT molecular complexity index is 1050. The zero-order chi connectivity index (χ0) is 19.7. The van der Waals surface area contributed by atoms with Crippen LogP contribution in [0.1, 0.15) is 19.5 Å². The minimum absolute atomic E-state index is 0.442. The van der Waals surface area contributed by atoms with E-state index in [1.807, 2.05) is 12.1 Å². The summed E-state index contributed by atoms with van der Waals surface area (Å²) in [5.74, 6) is 1.33. The van der Waals surface area contributed by atoms with Crippen molar-refractivity contribution < 1.29 is 0 Å². The van der Waals surface area contributed by atoms with E-state index in [0.717, 1.165) is 50.6 Å². The van der Waals surface area contributed by atoms with Gasteiger partial charge in [-0.1, -0.05) is 53.7 Å². The van der Waals surface area contributed by atoms with Crippen molar-refractivity contribution in [2.24, 2.45) is 0 Å². The van der Waals surface area contributed by atoms with Gasteiger partial charge in [0.15, 0.2) is 5.65 Å². The number of pyridine rings is 1. The van der Waals surface area contributed by atoms with E-state index < -0.39 is 0 Å². The number of hydrogen-bond donors (Lipinski definition) is 1. The van der Waals surface area contributed by atoms with E-state index in [2.05, 4.69) is 74.2 Å². The normalized spacial score (nSPS) is 14.1. The van der Waals surface area contributed by atoms with Gasteiger partial charge in [0, 0.05) is 23.8 Å². The molecule has 0 amide bonds. The molecule has 0 spiro atoms. The molecular weight excluding hydrogens is 436 g/mol. The number of nitrogen functional groups attached to an aromatic ring is 1. The molecule has 3 heterocycles. The number of hydrogen-bond acceptors (Lipinski definition) is 7. The Morgan fingerprint density at radius 2 is 2.04 bits per heavy atom. The lowest BCUT2D eigenvalue weighted by atomic mass is 10.0. The monoisotopic (exact) mass is 456 g/mol. The molecule has 1 aromatic carbocycles. The third kappa shape index (κ3) is 3.59. The molecule has 0 bridgehead atoms. The fourth-order valence-corrected chi connectivity index (χ4v) is 4.69. The van der Waals surface area contributed by atoms with Crippen molar-refractivity contribution in [2.45, 2.75) is 13.8 Å². The minimum Gasteiger partial charge on any atom is -0.383 e. The van der Waals surface area contributed by atoms with Crippen molar-refractivity contribution in [1.82, 2.24) is 25.0 Å². The summed E-state index contributed by atoms with van der Waals surface area (Å²) in [7, 11) is 0. The van der Waals surface area contributed by atoms with Gasteiger partial charge in [0.1, 0.15) is 12.1 Å². The maximum Gasteiger partial charge on any atom is 0.165 e. The van der Waals surface area contributed by atoms with Crippen molar-refractivity contribution in [1.29, 1.82) is 0 Å². The first-order chi connectivity index (χ1) is 13.6. The number of hydrazine groups is 1. The van der Waals surface area contributed by atoms with Crippen molar-refractivity contribution >= 4 is 49.4 Å². The van der Waals surface area contributed by atoms with Crippen molar-refractivity contribution in [3.05, 3.63) is 53.0 Å². The highest BCUT2D eigenvalue weighted by Gasteiger charge is 2.21. The van der Waals surface area contributed by atoms with Gasteiger partial charge in [0.05, 0.1) is 21.9 Å². The van der Waals surface area contributed by atoms with E-state index in [9.17, 15) is 0 Å². The first-order valence-electron chi connectivity index (χ1n) is 9.14. The van der Waals surface area contributed by atoms with Crippen molar-refractivity contribution in [3.8, 4) is 11.1 Å². The van der Waals surface area contributed by atoms with Crippen LogP contribution in [0.4, 0.5) is 5.82 Å². The number of aromatic nitrogens is 3. The van der Waals surface area contributed by atoms with Gasteiger partial charge in [-0.05, 0) is 29.3 Å². The Morgan fingerprint density at radius 1 is 1.21 bits per heavy atom. The summed E-state index contributed by atoms with van der Waals surface area (Å²) in [6.07, 6.45) is 3.64. The highest BCUT2D eigenvalue weighted by molar-refractivity contribution is 9.10. The van der Waals surface area contributed by atoms with Gasteiger partial charge in [0.2, 0.25) is 0 Å². The van der Waals surface area contributed by atoms with Crippen LogP contribution in [0, 0.1) is 0 Å². The Kier molecular flexibility index (Phi) is 5.52. The maximum atomic E-state index is 6.20. The molecule has 28 heavy (non-hydrogen) atoms. The van der Waals surface area contributed by atoms with E-state index in [-0.39, 0.29) is 0 Å². The average molecular weight is 457 g/mol. The number of fused-ring (bicyclic) bond motifs is 1. The predicted molar refractivity (Wildman–Crippen MR) is 120 cm³/mol. The van der Waals surface area contributed by atoms with Crippen molar-refractivity contribution in [3.63, 3.8) is 0 Å². The third-order valence-corrected chi connectivity index (χ3v) is 6.25. The van der Waals surface area contributed by atoms with Gasteiger partial charge in [-0.3, -0.25) is 0 Å². The molecule has 0 saturated heterocycles. The molecule has 0 fully saturated rings. The van der Waals surface area contributed by atoms with E-state index in [1.54, 1.807) is 11.8 Å². The predicted octanol–water partition coefficient (Wildman–Crippen LogP) is 4.60. The van der Waals surface area contributed by atoms with Gasteiger partial charge in [-0.25, -0.2) is 20.0 Å². The van der Waals surface area contributed by atoms with Crippen LogP contribution in [-0.2, 0) is 0 Å². The zero-order valence-electron chi connectivity index (χ0n) is 15.8. The Morgan fingerprint density at radius 3 is 2.79 bits per heavy atom. The van der Waals surface area contributed by atoms with E-state index in [0.29, 0.717) is 11.5 Å². The van der Waals surface area contributed by atoms with Crippen LogP contribution >= 0.6 is 27.7 Å². The molecule has 1 aliphatic heterocycles. The van der Waals surface area contributed by atoms with Crippen LogP contribution in [0.3, 0.4) is 0 Å². The Balaban J connectivity index is 1.87. The summed E-state index contributed by atoms with van der Waals surface area (Å²) >= 11 is 5.34. The summed E-state index contributed by atoms with van der Waals surface area (Å²) in [6.45, 7) is 6.27. The molecule has 0 radical (unpaired) electrons. The number of thioether (sulfide) groups is 1. The fraction of sp³-hybridized carbons (Fsp3) is 0.250. The quantitative estimate of drug-likeness (QED) is 0.601. The molecule has 2 aromatic heterocycles. The number of nitrogens with two attached hydrogens (primary N) is 1. The van der Waals surface area contributed by atoms with E-state index in [1.165, 1.54) is 6.33 Å². The lowest BCUT2D eigenvalue weighted by Gasteiger charge is -2.28. The smallest absolute Gasteiger partial charge is 0.165 e. The SMILES string of the molecule is CCN(CC)N1C=C(c2cc(-c3cccc(Br)c3)c3c(N)ncnc3n2)SC1. The summed E-state index contributed by atoms with van der Waals surface area (Å²) < 4.78 is 1.01. The highest BCUT2D eigenvalue weighted by Crippen LogP contribution is 2.38. The molecule has 8 heteroatoms. The second kappa shape index (κ2) is 8.06. The maximum absolute atomic E-state index is 6.20. The summed E-state index contributed by atoms with van der Waals surface area (Å²) in [5, 5.41) is 5.34. The van der Waals surface area contributed by atoms with Gasteiger partial charge < -0.3 is 10.7 Å². The number of rotatable bonds is 5. The highest BCUT2D eigenvalue weighted by atomic mass is 79.9. The molecule has 1 aliphatic rings. The van der Waals surface area contributed by atoms with Gasteiger partial charge >= 0.3 is 0 Å². The van der Waals surface area contributed by atoms with Crippen LogP contribution in [0.5, 0.6) is 0 Å².